The zero-order valence-corrected chi connectivity index (χ0v) is 9.16. The molecule has 2 aromatic heterocycles. The third-order valence-corrected chi connectivity index (χ3v) is 2.29. The first kappa shape index (κ1) is 10.6. The van der Waals surface area contributed by atoms with Gasteiger partial charge in [0.25, 0.3) is 0 Å². The second kappa shape index (κ2) is 4.32. The van der Waals surface area contributed by atoms with E-state index in [4.69, 9.17) is 4.74 Å². The number of pyridine rings is 1. The summed E-state index contributed by atoms with van der Waals surface area (Å²) in [6, 6.07) is 5.26. The number of hydrogen-bond donors (Lipinski definition) is 1. The molecule has 84 valence electrons. The lowest BCUT2D eigenvalue weighted by molar-refractivity contribution is 0.203. The van der Waals surface area contributed by atoms with Gasteiger partial charge in [0.15, 0.2) is 0 Å². The van der Waals surface area contributed by atoms with Gasteiger partial charge in [-0.15, -0.1) is 0 Å². The fourth-order valence-electron chi connectivity index (χ4n) is 1.50. The highest BCUT2D eigenvalue weighted by atomic mass is 16.5. The molecule has 0 bridgehead atoms. The molecule has 5 heteroatoms. The average molecular weight is 219 g/mol. The summed E-state index contributed by atoms with van der Waals surface area (Å²) in [5.74, 6) is 0.556. The summed E-state index contributed by atoms with van der Waals surface area (Å²) in [5.41, 5.74) is 1.03. The Morgan fingerprint density at radius 1 is 1.44 bits per heavy atom. The van der Waals surface area contributed by atoms with E-state index in [2.05, 4.69) is 10.1 Å². The van der Waals surface area contributed by atoms with Crippen molar-refractivity contribution in [2.75, 3.05) is 7.11 Å². The van der Waals surface area contributed by atoms with Crippen LogP contribution >= 0.6 is 0 Å². The number of ether oxygens (including phenoxy) is 1. The van der Waals surface area contributed by atoms with Crippen molar-refractivity contribution >= 4 is 0 Å². The standard InChI is InChI=1S/C11H13N3O2/c1-14-7-5-8(13-14)11(15)10-9(16-2)4-3-6-12-10/h3-7,11,15H,1-2H3. The van der Waals surface area contributed by atoms with Gasteiger partial charge in [-0.2, -0.15) is 5.10 Å². The molecule has 2 aromatic rings. The summed E-state index contributed by atoms with van der Waals surface area (Å²) < 4.78 is 6.77. The minimum atomic E-state index is -0.864. The van der Waals surface area contributed by atoms with Gasteiger partial charge in [-0.05, 0) is 18.2 Å². The fraction of sp³-hybridized carbons (Fsp3) is 0.273. The van der Waals surface area contributed by atoms with Crippen molar-refractivity contribution in [2.24, 2.45) is 7.05 Å². The zero-order valence-electron chi connectivity index (χ0n) is 9.16. The Bertz CT molecular complexity index is 482. The molecule has 0 aromatic carbocycles. The minimum absolute atomic E-state index is 0.476. The van der Waals surface area contributed by atoms with Crippen LogP contribution in [0.3, 0.4) is 0 Å². The van der Waals surface area contributed by atoms with E-state index in [1.54, 1.807) is 49.4 Å². The molecule has 0 amide bonds. The zero-order chi connectivity index (χ0) is 11.5. The maximum atomic E-state index is 10.1. The molecule has 1 N–H and O–H groups in total. The maximum absolute atomic E-state index is 10.1. The van der Waals surface area contributed by atoms with E-state index in [-0.39, 0.29) is 0 Å². The number of aliphatic hydroxyl groups is 1. The predicted molar refractivity (Wildman–Crippen MR) is 58.1 cm³/mol. The lowest BCUT2D eigenvalue weighted by Gasteiger charge is -2.11. The van der Waals surface area contributed by atoms with E-state index < -0.39 is 6.10 Å². The van der Waals surface area contributed by atoms with E-state index in [0.717, 1.165) is 0 Å². The first-order chi connectivity index (χ1) is 7.72. The second-order valence-electron chi connectivity index (χ2n) is 3.41. The summed E-state index contributed by atoms with van der Waals surface area (Å²) in [7, 11) is 3.34. The molecule has 0 spiro atoms. The van der Waals surface area contributed by atoms with Crippen molar-refractivity contribution in [1.82, 2.24) is 14.8 Å². The van der Waals surface area contributed by atoms with E-state index in [9.17, 15) is 5.11 Å². The van der Waals surface area contributed by atoms with Crippen LogP contribution < -0.4 is 4.74 Å². The highest BCUT2D eigenvalue weighted by molar-refractivity contribution is 5.32. The third-order valence-electron chi connectivity index (χ3n) is 2.29. The monoisotopic (exact) mass is 219 g/mol. The number of methoxy groups -OCH3 is 1. The molecule has 5 nitrogen and oxygen atoms in total. The number of hydrogen-bond acceptors (Lipinski definition) is 4. The van der Waals surface area contributed by atoms with Crippen LogP contribution in [0.4, 0.5) is 0 Å². The highest BCUT2D eigenvalue weighted by Crippen LogP contribution is 2.26. The van der Waals surface area contributed by atoms with Crippen LogP contribution in [0.1, 0.15) is 17.5 Å². The van der Waals surface area contributed by atoms with Gasteiger partial charge in [0.05, 0.1) is 12.8 Å². The minimum Gasteiger partial charge on any atom is -0.495 e. The predicted octanol–water partition coefficient (Wildman–Crippen LogP) is 0.905. The van der Waals surface area contributed by atoms with E-state index in [0.29, 0.717) is 17.1 Å². The van der Waals surface area contributed by atoms with Crippen LogP contribution in [0.25, 0.3) is 0 Å². The summed E-state index contributed by atoms with van der Waals surface area (Å²) in [6.07, 6.45) is 2.52. The molecule has 0 radical (unpaired) electrons. The largest absolute Gasteiger partial charge is 0.495 e. The van der Waals surface area contributed by atoms with Gasteiger partial charge < -0.3 is 9.84 Å². The lowest BCUT2D eigenvalue weighted by Crippen LogP contribution is -2.06. The van der Waals surface area contributed by atoms with Crippen molar-refractivity contribution < 1.29 is 9.84 Å². The Morgan fingerprint density at radius 2 is 2.25 bits per heavy atom. The second-order valence-corrected chi connectivity index (χ2v) is 3.41. The molecule has 0 saturated heterocycles. The van der Waals surface area contributed by atoms with Crippen LogP contribution in [0.15, 0.2) is 30.6 Å². The molecular formula is C11H13N3O2. The van der Waals surface area contributed by atoms with Crippen LogP contribution in [-0.2, 0) is 7.05 Å². The lowest BCUT2D eigenvalue weighted by atomic mass is 10.1. The number of aliphatic hydroxyl groups excluding tert-OH is 1. The third kappa shape index (κ3) is 1.90. The topological polar surface area (TPSA) is 60.2 Å². The normalized spacial score (nSPS) is 12.4. The van der Waals surface area contributed by atoms with Gasteiger partial charge in [0.2, 0.25) is 0 Å². The number of nitrogens with zero attached hydrogens (tertiary/aromatic N) is 3. The maximum Gasteiger partial charge on any atom is 0.143 e. The molecule has 0 aliphatic carbocycles. The molecule has 2 rings (SSSR count). The SMILES string of the molecule is COc1cccnc1C(O)c1ccn(C)n1. The summed E-state index contributed by atoms with van der Waals surface area (Å²) in [6.45, 7) is 0. The first-order valence-electron chi connectivity index (χ1n) is 4.89. The molecule has 0 aliphatic heterocycles. The van der Waals surface area contributed by atoms with Gasteiger partial charge in [-0.1, -0.05) is 0 Å². The van der Waals surface area contributed by atoms with Crippen molar-refractivity contribution in [3.63, 3.8) is 0 Å². The van der Waals surface area contributed by atoms with E-state index in [1.807, 2.05) is 0 Å². The molecule has 2 heterocycles. The first-order valence-corrected chi connectivity index (χ1v) is 4.89. The van der Waals surface area contributed by atoms with Gasteiger partial charge in [0, 0.05) is 19.4 Å². The van der Waals surface area contributed by atoms with Crippen LogP contribution in [0.5, 0.6) is 5.75 Å². The van der Waals surface area contributed by atoms with Crippen LogP contribution in [-0.4, -0.2) is 27.0 Å². The van der Waals surface area contributed by atoms with Crippen molar-refractivity contribution in [3.8, 4) is 5.75 Å². The van der Waals surface area contributed by atoms with Crippen LogP contribution in [0.2, 0.25) is 0 Å². The average Bonchev–Trinajstić information content (AvgIpc) is 2.75. The number of aryl methyl sites for hydroxylation is 1. The Labute approximate surface area is 93.3 Å². The summed E-state index contributed by atoms with van der Waals surface area (Å²) >= 11 is 0. The highest BCUT2D eigenvalue weighted by Gasteiger charge is 2.18. The molecule has 0 saturated carbocycles. The molecule has 16 heavy (non-hydrogen) atoms. The van der Waals surface area contributed by atoms with Gasteiger partial charge in [-0.25, -0.2) is 0 Å². The quantitative estimate of drug-likeness (QED) is 0.833. The Kier molecular flexibility index (Phi) is 2.87. The molecule has 1 unspecified atom stereocenters. The Hall–Kier alpha value is -1.88. The fourth-order valence-corrected chi connectivity index (χ4v) is 1.50. The summed E-state index contributed by atoms with van der Waals surface area (Å²) in [4.78, 5) is 4.11. The van der Waals surface area contributed by atoms with Gasteiger partial charge in [0.1, 0.15) is 17.5 Å². The van der Waals surface area contributed by atoms with Crippen molar-refractivity contribution in [1.29, 1.82) is 0 Å². The Morgan fingerprint density at radius 3 is 2.88 bits per heavy atom. The number of aromatic nitrogens is 3. The molecular weight excluding hydrogens is 206 g/mol. The van der Waals surface area contributed by atoms with E-state index in [1.165, 1.54) is 0 Å². The molecule has 0 aliphatic rings. The van der Waals surface area contributed by atoms with Gasteiger partial charge >= 0.3 is 0 Å². The molecule has 1 atom stereocenters. The Balaban J connectivity index is 2.36. The van der Waals surface area contributed by atoms with Gasteiger partial charge in [-0.3, -0.25) is 9.67 Å². The summed E-state index contributed by atoms with van der Waals surface area (Å²) in [5, 5.41) is 14.2. The van der Waals surface area contributed by atoms with Crippen molar-refractivity contribution in [3.05, 3.63) is 42.0 Å². The molecule has 0 fully saturated rings. The number of rotatable bonds is 3. The smallest absolute Gasteiger partial charge is 0.143 e. The van der Waals surface area contributed by atoms with Crippen molar-refractivity contribution in [2.45, 2.75) is 6.10 Å². The van der Waals surface area contributed by atoms with Crippen LogP contribution in [0, 0.1) is 0 Å². The van der Waals surface area contributed by atoms with E-state index >= 15 is 0 Å².